The Labute approximate surface area is 175 Å². The van der Waals surface area contributed by atoms with Crippen LogP contribution in [0.2, 0.25) is 0 Å². The number of aliphatic hydroxyl groups excluding tert-OH is 1. The Kier molecular flexibility index (Phi) is 13.4. The van der Waals surface area contributed by atoms with Crippen LogP contribution < -0.4 is 10.6 Å². The zero-order chi connectivity index (χ0) is 22.5. The molecule has 0 radical (unpaired) electrons. The Morgan fingerprint density at radius 3 is 2.41 bits per heavy atom. The smallest absolute Gasteiger partial charge is 0.399 e. The van der Waals surface area contributed by atoms with Crippen molar-refractivity contribution in [3.63, 3.8) is 0 Å². The first-order chi connectivity index (χ1) is 13.4. The largest absolute Gasteiger partial charge is 0.469 e. The first-order valence-corrected chi connectivity index (χ1v) is 11.6. The molecular weight excluding hydrogens is 425 g/mol. The first kappa shape index (κ1) is 27.8. The van der Waals surface area contributed by atoms with Gasteiger partial charge < -0.3 is 30.4 Å². The molecule has 0 aliphatic rings. The number of phosphoric ester groups is 1. The second kappa shape index (κ2) is 13.9. The average Bonchev–Trinajstić information content (AvgIpc) is 2.62. The summed E-state index contributed by atoms with van der Waals surface area (Å²) in [5.74, 6) is 0.622. The molecule has 0 bridgehead atoms. The number of oxime groups is 1. The Balaban J connectivity index is 3.98. The third-order valence-corrected chi connectivity index (χ3v) is 5.12. The SMILES string of the molecule is CO/N=C(\C)CCSCCNC(=O)CCNC(=O)C(O)C(C)(C)COP(=O)(O)O. The molecular formula is C16H32N3O8PS. The fourth-order valence-corrected chi connectivity index (χ4v) is 3.35. The second-order valence-corrected chi connectivity index (χ2v) is 9.38. The van der Waals surface area contributed by atoms with Crippen molar-refractivity contribution in [3.05, 3.63) is 0 Å². The molecule has 0 fully saturated rings. The molecule has 0 aliphatic heterocycles. The summed E-state index contributed by atoms with van der Waals surface area (Å²) in [4.78, 5) is 45.8. The highest BCUT2D eigenvalue weighted by molar-refractivity contribution is 7.99. The van der Waals surface area contributed by atoms with Gasteiger partial charge >= 0.3 is 7.82 Å². The summed E-state index contributed by atoms with van der Waals surface area (Å²) in [5.41, 5.74) is -0.324. The van der Waals surface area contributed by atoms with Gasteiger partial charge in [0.15, 0.2) is 0 Å². The molecule has 13 heteroatoms. The summed E-state index contributed by atoms with van der Waals surface area (Å²) >= 11 is 1.67. The lowest BCUT2D eigenvalue weighted by atomic mass is 9.87. The van der Waals surface area contributed by atoms with E-state index < -0.39 is 31.9 Å². The zero-order valence-electron chi connectivity index (χ0n) is 17.2. The Morgan fingerprint density at radius 1 is 1.17 bits per heavy atom. The molecule has 5 N–H and O–H groups in total. The van der Waals surface area contributed by atoms with Gasteiger partial charge in [0, 0.05) is 30.7 Å². The number of amides is 2. The maximum Gasteiger partial charge on any atom is 0.469 e. The van der Waals surface area contributed by atoms with E-state index in [-0.39, 0.29) is 18.9 Å². The number of carbonyl (C=O) groups is 2. The minimum atomic E-state index is -4.70. The number of rotatable bonds is 15. The lowest BCUT2D eigenvalue weighted by molar-refractivity contribution is -0.137. The maximum atomic E-state index is 12.0. The molecule has 0 saturated heterocycles. The highest BCUT2D eigenvalue weighted by atomic mass is 32.2. The predicted octanol–water partition coefficient (Wildman–Crippen LogP) is 0.251. The highest BCUT2D eigenvalue weighted by Gasteiger charge is 2.35. The van der Waals surface area contributed by atoms with E-state index in [4.69, 9.17) is 9.79 Å². The Bertz CT molecular complexity index is 597. The van der Waals surface area contributed by atoms with Gasteiger partial charge in [-0.05, 0) is 19.1 Å². The number of aliphatic hydroxyl groups is 1. The number of hydrogen-bond acceptors (Lipinski definition) is 8. The number of phosphoric acid groups is 1. The molecule has 0 spiro atoms. The molecule has 29 heavy (non-hydrogen) atoms. The van der Waals surface area contributed by atoms with E-state index in [2.05, 4.69) is 25.2 Å². The molecule has 0 saturated carbocycles. The van der Waals surface area contributed by atoms with E-state index in [1.54, 1.807) is 11.8 Å². The van der Waals surface area contributed by atoms with Crippen LogP contribution in [0.15, 0.2) is 5.16 Å². The molecule has 0 aromatic rings. The summed E-state index contributed by atoms with van der Waals surface area (Å²) in [7, 11) is -3.20. The van der Waals surface area contributed by atoms with Crippen LogP contribution in [-0.2, 0) is 23.5 Å². The molecule has 1 atom stereocenters. The van der Waals surface area contributed by atoms with Crippen molar-refractivity contribution in [1.29, 1.82) is 0 Å². The zero-order valence-corrected chi connectivity index (χ0v) is 18.9. The van der Waals surface area contributed by atoms with Crippen LogP contribution in [0.1, 0.15) is 33.6 Å². The van der Waals surface area contributed by atoms with Crippen LogP contribution in [0.4, 0.5) is 0 Å². The van der Waals surface area contributed by atoms with Gasteiger partial charge in [-0.1, -0.05) is 19.0 Å². The normalized spacial score (nSPS) is 13.7. The molecule has 0 aromatic heterocycles. The molecule has 1 unspecified atom stereocenters. The molecule has 170 valence electrons. The van der Waals surface area contributed by atoms with Crippen LogP contribution in [0.3, 0.4) is 0 Å². The number of nitrogens with one attached hydrogen (secondary N) is 2. The van der Waals surface area contributed by atoms with Gasteiger partial charge in [-0.15, -0.1) is 0 Å². The lowest BCUT2D eigenvalue weighted by Gasteiger charge is -2.29. The van der Waals surface area contributed by atoms with Gasteiger partial charge in [-0.3, -0.25) is 14.1 Å². The molecule has 0 aliphatic carbocycles. The van der Waals surface area contributed by atoms with Crippen LogP contribution in [0, 0.1) is 5.41 Å². The molecule has 11 nitrogen and oxygen atoms in total. The minimum Gasteiger partial charge on any atom is -0.399 e. The van der Waals surface area contributed by atoms with E-state index >= 15 is 0 Å². The van der Waals surface area contributed by atoms with E-state index in [1.165, 1.54) is 21.0 Å². The maximum absolute atomic E-state index is 12.0. The Hall–Kier alpha value is -1.17. The molecule has 0 heterocycles. The highest BCUT2D eigenvalue weighted by Crippen LogP contribution is 2.38. The van der Waals surface area contributed by atoms with E-state index in [9.17, 15) is 19.3 Å². The van der Waals surface area contributed by atoms with E-state index in [0.717, 1.165) is 23.6 Å². The monoisotopic (exact) mass is 457 g/mol. The first-order valence-electron chi connectivity index (χ1n) is 8.96. The molecule has 0 aromatic carbocycles. The lowest BCUT2D eigenvalue weighted by Crippen LogP contribution is -2.46. The summed E-state index contributed by atoms with van der Waals surface area (Å²) < 4.78 is 15.1. The summed E-state index contributed by atoms with van der Waals surface area (Å²) in [6, 6.07) is 0. The van der Waals surface area contributed by atoms with Gasteiger partial charge in [0.1, 0.15) is 13.2 Å². The van der Waals surface area contributed by atoms with Crippen molar-refractivity contribution in [3.8, 4) is 0 Å². The summed E-state index contributed by atoms with van der Waals surface area (Å²) in [5, 5.41) is 19.0. The van der Waals surface area contributed by atoms with Crippen LogP contribution >= 0.6 is 19.6 Å². The van der Waals surface area contributed by atoms with E-state index in [0.29, 0.717) is 6.54 Å². The second-order valence-electron chi connectivity index (χ2n) is 6.92. The quantitative estimate of drug-likeness (QED) is 0.100. The fourth-order valence-electron chi connectivity index (χ4n) is 1.95. The van der Waals surface area contributed by atoms with Crippen LogP contribution in [-0.4, -0.2) is 76.8 Å². The van der Waals surface area contributed by atoms with Crippen molar-refractivity contribution < 1.29 is 38.4 Å². The van der Waals surface area contributed by atoms with Crippen LogP contribution in [0.5, 0.6) is 0 Å². The minimum absolute atomic E-state index is 0.0248. The van der Waals surface area contributed by atoms with Crippen molar-refractivity contribution in [2.24, 2.45) is 10.6 Å². The van der Waals surface area contributed by atoms with Crippen molar-refractivity contribution in [2.75, 3.05) is 38.3 Å². The Morgan fingerprint density at radius 2 is 1.83 bits per heavy atom. The van der Waals surface area contributed by atoms with Gasteiger partial charge in [0.2, 0.25) is 11.8 Å². The number of nitrogens with zero attached hydrogens (tertiary/aromatic N) is 1. The average molecular weight is 457 g/mol. The number of carbonyl (C=O) groups excluding carboxylic acids is 2. The molecule has 0 rings (SSSR count). The fraction of sp³-hybridized carbons (Fsp3) is 0.812. The third-order valence-electron chi connectivity index (χ3n) is 3.67. The van der Waals surface area contributed by atoms with Crippen molar-refractivity contribution >= 4 is 37.1 Å². The third kappa shape index (κ3) is 14.5. The van der Waals surface area contributed by atoms with Crippen molar-refractivity contribution in [1.82, 2.24) is 10.6 Å². The van der Waals surface area contributed by atoms with Gasteiger partial charge in [-0.2, -0.15) is 11.8 Å². The van der Waals surface area contributed by atoms with E-state index in [1.807, 2.05) is 6.92 Å². The predicted molar refractivity (Wildman–Crippen MR) is 110 cm³/mol. The number of hydrogen-bond donors (Lipinski definition) is 5. The van der Waals surface area contributed by atoms with Gasteiger partial charge in [-0.25, -0.2) is 4.57 Å². The topological polar surface area (TPSA) is 167 Å². The summed E-state index contributed by atoms with van der Waals surface area (Å²) in [6.07, 6.45) is -0.711. The standard InChI is InChI=1S/C16H32N3O8PS/c1-12(19-26-4)6-9-29-10-8-17-13(20)5-7-18-15(22)14(21)16(2,3)11-27-28(23,24)25/h14,21H,5-11H2,1-4H3,(H,17,20)(H,18,22)(H2,23,24,25)/b19-12+. The number of thioether (sulfide) groups is 1. The van der Waals surface area contributed by atoms with Crippen molar-refractivity contribution in [2.45, 2.75) is 39.7 Å². The van der Waals surface area contributed by atoms with Gasteiger partial charge in [0.05, 0.1) is 12.3 Å². The van der Waals surface area contributed by atoms with Gasteiger partial charge in [0.25, 0.3) is 0 Å². The summed E-state index contributed by atoms with van der Waals surface area (Å²) in [6.45, 7) is 4.74. The van der Waals surface area contributed by atoms with Crippen LogP contribution in [0.25, 0.3) is 0 Å². The molecule has 2 amide bonds.